The monoisotopic (exact) mass is 354 g/mol. The van der Waals surface area contributed by atoms with Crippen LogP contribution < -0.4 is 4.72 Å². The van der Waals surface area contributed by atoms with Gasteiger partial charge in [0.1, 0.15) is 10.6 Å². The lowest BCUT2D eigenvalue weighted by Crippen LogP contribution is -2.27. The summed E-state index contributed by atoms with van der Waals surface area (Å²) in [6.45, 7) is 3.45. The Morgan fingerprint density at radius 1 is 1.43 bits per heavy atom. The van der Waals surface area contributed by atoms with E-state index < -0.39 is 10.0 Å². The topological polar surface area (TPSA) is 95.2 Å². The van der Waals surface area contributed by atoms with Gasteiger partial charge in [-0.1, -0.05) is 0 Å². The number of thiazole rings is 1. The molecule has 2 aromatic rings. The number of carbonyl (C=O) groups excluding carboxylic acids is 1. The molecule has 1 amide bonds. The highest BCUT2D eigenvalue weighted by molar-refractivity contribution is 7.89. The molecule has 124 valence electrons. The molecule has 2 N–H and O–H groups in total. The van der Waals surface area contributed by atoms with E-state index in [1.165, 1.54) is 23.6 Å². The zero-order valence-corrected chi connectivity index (χ0v) is 14.3. The first-order valence-electron chi connectivity index (χ1n) is 7.34. The summed E-state index contributed by atoms with van der Waals surface area (Å²) >= 11 is 1.47. The number of nitrogens with zero attached hydrogens (tertiary/aromatic N) is 2. The predicted molar refractivity (Wildman–Crippen MR) is 86.8 cm³/mol. The van der Waals surface area contributed by atoms with Gasteiger partial charge in [-0.3, -0.25) is 4.79 Å². The first kappa shape index (κ1) is 16.2. The SMILES string of the molecule is Cc1nc(CNS(=O)(=O)c2c[nH]c(C(=O)N3CCCC3)c2)cs1. The van der Waals surface area contributed by atoms with Gasteiger partial charge in [0.25, 0.3) is 5.91 Å². The van der Waals surface area contributed by atoms with Crippen LogP contribution in [0.5, 0.6) is 0 Å². The first-order chi connectivity index (χ1) is 11.0. The summed E-state index contributed by atoms with van der Waals surface area (Å²) in [6, 6.07) is 1.38. The molecule has 2 aromatic heterocycles. The van der Waals surface area contributed by atoms with Crippen molar-refractivity contribution in [2.45, 2.75) is 31.2 Å². The Kier molecular flexibility index (Phi) is 4.51. The third-order valence-corrected chi connectivity index (χ3v) is 5.90. The van der Waals surface area contributed by atoms with Gasteiger partial charge in [-0.15, -0.1) is 11.3 Å². The molecule has 0 unspecified atom stereocenters. The maximum atomic E-state index is 12.3. The fourth-order valence-electron chi connectivity index (χ4n) is 2.49. The second-order valence-corrected chi connectivity index (χ2v) is 8.26. The number of hydrogen-bond acceptors (Lipinski definition) is 5. The number of carbonyl (C=O) groups is 1. The second kappa shape index (κ2) is 6.42. The highest BCUT2D eigenvalue weighted by atomic mass is 32.2. The van der Waals surface area contributed by atoms with Crippen LogP contribution in [-0.2, 0) is 16.6 Å². The number of sulfonamides is 1. The third-order valence-electron chi connectivity index (χ3n) is 3.70. The van der Waals surface area contributed by atoms with Gasteiger partial charge >= 0.3 is 0 Å². The second-order valence-electron chi connectivity index (χ2n) is 5.43. The van der Waals surface area contributed by atoms with Gasteiger partial charge in [-0.25, -0.2) is 18.1 Å². The number of amides is 1. The molecule has 9 heteroatoms. The summed E-state index contributed by atoms with van der Waals surface area (Å²) in [5.74, 6) is -0.154. The fraction of sp³-hybridized carbons (Fsp3) is 0.429. The Hall–Kier alpha value is -1.71. The summed E-state index contributed by atoms with van der Waals surface area (Å²) in [5, 5.41) is 2.71. The van der Waals surface area contributed by atoms with E-state index in [4.69, 9.17) is 0 Å². The molecule has 0 aromatic carbocycles. The van der Waals surface area contributed by atoms with Crippen LogP contribution in [0.25, 0.3) is 0 Å². The van der Waals surface area contributed by atoms with Crippen LogP contribution in [0.4, 0.5) is 0 Å². The Bertz CT molecular complexity index is 804. The molecule has 1 fully saturated rings. The number of aryl methyl sites for hydroxylation is 1. The number of hydrogen-bond donors (Lipinski definition) is 2. The third kappa shape index (κ3) is 3.62. The Morgan fingerprint density at radius 3 is 2.83 bits per heavy atom. The highest BCUT2D eigenvalue weighted by Gasteiger charge is 2.23. The molecule has 1 aliphatic heterocycles. The molecule has 0 spiro atoms. The quantitative estimate of drug-likeness (QED) is 0.850. The standard InChI is InChI=1S/C14H18N4O3S2/c1-10-17-11(9-22-10)7-16-23(20,21)12-6-13(15-8-12)14(19)18-4-2-3-5-18/h6,8-9,15-16H,2-5,7H2,1H3. The summed E-state index contributed by atoms with van der Waals surface area (Å²) in [5.41, 5.74) is 0.983. The van der Waals surface area contributed by atoms with Crippen molar-refractivity contribution in [2.75, 3.05) is 13.1 Å². The van der Waals surface area contributed by atoms with E-state index in [0.717, 1.165) is 30.9 Å². The molecule has 23 heavy (non-hydrogen) atoms. The van der Waals surface area contributed by atoms with Crippen LogP contribution in [-0.4, -0.2) is 42.3 Å². The minimum absolute atomic E-state index is 0.0620. The van der Waals surface area contributed by atoms with Crippen LogP contribution >= 0.6 is 11.3 Å². The van der Waals surface area contributed by atoms with Crippen molar-refractivity contribution in [1.29, 1.82) is 0 Å². The first-order valence-corrected chi connectivity index (χ1v) is 9.70. The summed E-state index contributed by atoms with van der Waals surface area (Å²) in [4.78, 5) is 21.0. The van der Waals surface area contributed by atoms with Gasteiger partial charge in [0.05, 0.1) is 17.2 Å². The molecule has 7 nitrogen and oxygen atoms in total. The molecule has 1 aliphatic rings. The minimum Gasteiger partial charge on any atom is -0.356 e. The molecular weight excluding hydrogens is 336 g/mol. The average Bonchev–Trinajstić information content (AvgIpc) is 3.26. The van der Waals surface area contributed by atoms with E-state index in [2.05, 4.69) is 14.7 Å². The lowest BCUT2D eigenvalue weighted by molar-refractivity contribution is 0.0787. The summed E-state index contributed by atoms with van der Waals surface area (Å²) in [7, 11) is -3.67. The van der Waals surface area contributed by atoms with E-state index in [1.54, 1.807) is 4.90 Å². The maximum absolute atomic E-state index is 12.3. The minimum atomic E-state index is -3.67. The van der Waals surface area contributed by atoms with Crippen LogP contribution in [0.1, 0.15) is 34.0 Å². The smallest absolute Gasteiger partial charge is 0.270 e. The van der Waals surface area contributed by atoms with Crippen molar-refractivity contribution in [3.8, 4) is 0 Å². The molecule has 3 rings (SSSR count). The van der Waals surface area contributed by atoms with Gasteiger partial charge in [-0.05, 0) is 25.8 Å². The number of rotatable bonds is 5. The van der Waals surface area contributed by atoms with Crippen molar-refractivity contribution < 1.29 is 13.2 Å². The van der Waals surface area contributed by atoms with Crippen molar-refractivity contribution in [3.05, 3.63) is 34.0 Å². The van der Waals surface area contributed by atoms with Crippen LogP contribution in [0.3, 0.4) is 0 Å². The molecule has 0 aliphatic carbocycles. The van der Waals surface area contributed by atoms with Crippen molar-refractivity contribution in [1.82, 2.24) is 19.6 Å². The molecule has 0 bridgehead atoms. The Morgan fingerprint density at radius 2 is 2.17 bits per heavy atom. The Labute approximate surface area is 138 Å². The lowest BCUT2D eigenvalue weighted by Gasteiger charge is -2.13. The van der Waals surface area contributed by atoms with E-state index in [-0.39, 0.29) is 17.3 Å². The average molecular weight is 354 g/mol. The van der Waals surface area contributed by atoms with E-state index in [1.807, 2.05) is 12.3 Å². The number of nitrogens with one attached hydrogen (secondary N) is 2. The van der Waals surface area contributed by atoms with Gasteiger partial charge in [-0.2, -0.15) is 0 Å². The van der Waals surface area contributed by atoms with Crippen LogP contribution in [0, 0.1) is 6.92 Å². The Balaban J connectivity index is 1.69. The maximum Gasteiger partial charge on any atom is 0.270 e. The highest BCUT2D eigenvalue weighted by Crippen LogP contribution is 2.16. The van der Waals surface area contributed by atoms with Gasteiger partial charge in [0.2, 0.25) is 10.0 Å². The predicted octanol–water partition coefficient (Wildman–Crippen LogP) is 1.49. The van der Waals surface area contributed by atoms with Crippen molar-refractivity contribution in [3.63, 3.8) is 0 Å². The van der Waals surface area contributed by atoms with Crippen molar-refractivity contribution in [2.24, 2.45) is 0 Å². The molecule has 0 atom stereocenters. The van der Waals surface area contributed by atoms with Crippen LogP contribution in [0.15, 0.2) is 22.5 Å². The molecule has 0 radical (unpaired) electrons. The zero-order chi connectivity index (χ0) is 16.4. The van der Waals surface area contributed by atoms with Crippen molar-refractivity contribution >= 4 is 27.3 Å². The normalized spacial score (nSPS) is 15.3. The molecular formula is C14H18N4O3S2. The van der Waals surface area contributed by atoms with Gasteiger partial charge < -0.3 is 9.88 Å². The summed E-state index contributed by atoms with van der Waals surface area (Å²) < 4.78 is 27.1. The lowest BCUT2D eigenvalue weighted by atomic mass is 10.4. The number of aromatic nitrogens is 2. The zero-order valence-electron chi connectivity index (χ0n) is 12.7. The number of aromatic amines is 1. The van der Waals surface area contributed by atoms with E-state index >= 15 is 0 Å². The molecule has 1 saturated heterocycles. The number of H-pyrrole nitrogens is 1. The summed E-state index contributed by atoms with van der Waals surface area (Å²) in [6.07, 6.45) is 3.33. The number of likely N-dealkylation sites (tertiary alicyclic amines) is 1. The largest absolute Gasteiger partial charge is 0.356 e. The van der Waals surface area contributed by atoms with Crippen LogP contribution in [0.2, 0.25) is 0 Å². The van der Waals surface area contributed by atoms with Gasteiger partial charge in [0, 0.05) is 24.7 Å². The van der Waals surface area contributed by atoms with E-state index in [0.29, 0.717) is 11.4 Å². The molecule has 3 heterocycles. The van der Waals surface area contributed by atoms with Gasteiger partial charge in [0.15, 0.2) is 0 Å². The van der Waals surface area contributed by atoms with E-state index in [9.17, 15) is 13.2 Å². The fourth-order valence-corrected chi connectivity index (χ4v) is 4.09. The molecule has 0 saturated carbocycles.